The van der Waals surface area contributed by atoms with Gasteiger partial charge in [0.1, 0.15) is 0 Å². The maximum Gasteiger partial charge on any atom is 0.430 e. The molecule has 1 aliphatic heterocycles. The van der Waals surface area contributed by atoms with Crippen molar-refractivity contribution in [1.82, 2.24) is 14.8 Å². The topological polar surface area (TPSA) is 76.9 Å². The van der Waals surface area contributed by atoms with Crippen LogP contribution in [0.1, 0.15) is 28.7 Å². The maximum absolute atomic E-state index is 13.2. The second kappa shape index (κ2) is 11.8. The van der Waals surface area contributed by atoms with Crippen LogP contribution in [0.4, 0.5) is 26.3 Å². The van der Waals surface area contributed by atoms with Crippen molar-refractivity contribution in [3.63, 3.8) is 0 Å². The number of benzene rings is 2. The first-order valence-electron chi connectivity index (χ1n) is 12.8. The molecule has 0 bridgehead atoms. The number of hydrogen-bond acceptors (Lipinski definition) is 5. The summed E-state index contributed by atoms with van der Waals surface area (Å²) < 4.78 is 79.3. The van der Waals surface area contributed by atoms with Gasteiger partial charge in [-0.1, -0.05) is 42.5 Å². The Morgan fingerprint density at radius 3 is 2.10 bits per heavy atom. The zero-order valence-corrected chi connectivity index (χ0v) is 22.1. The highest BCUT2D eigenvalue weighted by molar-refractivity contribution is 5.68. The Labute approximate surface area is 232 Å². The molecule has 1 saturated heterocycles. The number of carbonyl (C=O) groups is 1. The maximum atomic E-state index is 13.2. The van der Waals surface area contributed by atoms with Crippen LogP contribution in [0.2, 0.25) is 0 Å². The van der Waals surface area contributed by atoms with E-state index in [9.17, 15) is 41.4 Å². The molecular formula is C29H29F6N3O3. The van der Waals surface area contributed by atoms with Crippen LogP contribution in [-0.2, 0) is 23.5 Å². The van der Waals surface area contributed by atoms with Gasteiger partial charge in [0.15, 0.2) is 0 Å². The Morgan fingerprint density at radius 1 is 0.902 bits per heavy atom. The molecule has 0 saturated carbocycles. The minimum absolute atomic E-state index is 0.00660. The van der Waals surface area contributed by atoms with Gasteiger partial charge in [-0.05, 0) is 46.9 Å². The number of alkyl halides is 6. The molecule has 1 aliphatic rings. The van der Waals surface area contributed by atoms with Crippen LogP contribution in [0.3, 0.4) is 0 Å². The summed E-state index contributed by atoms with van der Waals surface area (Å²) in [5, 5.41) is 19.1. The fourth-order valence-electron chi connectivity index (χ4n) is 5.21. The van der Waals surface area contributed by atoms with Crippen molar-refractivity contribution in [3.8, 4) is 11.1 Å². The number of aromatic nitrogens is 1. The molecule has 1 fully saturated rings. The molecule has 1 unspecified atom stereocenters. The van der Waals surface area contributed by atoms with Crippen molar-refractivity contribution in [2.75, 3.05) is 19.6 Å². The number of aliphatic hydroxyl groups is 1. The highest BCUT2D eigenvalue weighted by Gasteiger charge is 2.71. The second-order valence-electron chi connectivity index (χ2n) is 10.2. The molecule has 41 heavy (non-hydrogen) atoms. The van der Waals surface area contributed by atoms with Crippen molar-refractivity contribution in [2.45, 2.75) is 50.4 Å². The van der Waals surface area contributed by atoms with Crippen LogP contribution in [0, 0.1) is 6.92 Å². The highest BCUT2D eigenvalue weighted by atomic mass is 19.4. The predicted molar refractivity (Wildman–Crippen MR) is 139 cm³/mol. The monoisotopic (exact) mass is 581 g/mol. The van der Waals surface area contributed by atoms with Crippen LogP contribution in [0.15, 0.2) is 67.0 Å². The zero-order valence-electron chi connectivity index (χ0n) is 22.1. The number of aliphatic carboxylic acids is 1. The lowest BCUT2D eigenvalue weighted by Gasteiger charge is -2.41. The van der Waals surface area contributed by atoms with Crippen LogP contribution < -0.4 is 0 Å². The first-order chi connectivity index (χ1) is 19.2. The van der Waals surface area contributed by atoms with Crippen molar-refractivity contribution in [1.29, 1.82) is 0 Å². The third-order valence-electron chi connectivity index (χ3n) is 7.37. The summed E-state index contributed by atoms with van der Waals surface area (Å²) in [6.07, 6.45) is -8.50. The molecule has 6 nitrogen and oxygen atoms in total. The lowest BCUT2D eigenvalue weighted by molar-refractivity contribution is -0.376. The quantitative estimate of drug-likeness (QED) is 0.341. The van der Waals surface area contributed by atoms with E-state index in [4.69, 9.17) is 0 Å². The Balaban J connectivity index is 1.47. The number of carboxylic acids is 1. The van der Waals surface area contributed by atoms with E-state index in [0.29, 0.717) is 56.0 Å². The summed E-state index contributed by atoms with van der Waals surface area (Å²) in [6, 6.07) is 12.6. The molecule has 0 aliphatic carbocycles. The van der Waals surface area contributed by atoms with Crippen LogP contribution in [0.5, 0.6) is 0 Å². The number of halogens is 6. The molecule has 3 aromatic rings. The molecular weight excluding hydrogens is 552 g/mol. The molecule has 1 aromatic heterocycles. The number of rotatable bonds is 8. The second-order valence-corrected chi connectivity index (χ2v) is 10.2. The minimum atomic E-state index is -5.95. The molecule has 1 atom stereocenters. The lowest BCUT2D eigenvalue weighted by Crippen LogP contribution is -2.53. The van der Waals surface area contributed by atoms with Crippen molar-refractivity contribution in [3.05, 3.63) is 89.2 Å². The molecule has 0 radical (unpaired) electrons. The fraction of sp³-hybridized carbons (Fsp3) is 0.379. The van der Waals surface area contributed by atoms with Gasteiger partial charge in [0.05, 0.1) is 6.42 Å². The Bertz CT molecular complexity index is 1330. The molecule has 2 heterocycles. The van der Waals surface area contributed by atoms with Crippen molar-refractivity contribution >= 4 is 5.97 Å². The van der Waals surface area contributed by atoms with E-state index in [0.717, 1.165) is 28.8 Å². The summed E-state index contributed by atoms with van der Waals surface area (Å²) in [7, 11) is 0. The fourth-order valence-corrected chi connectivity index (χ4v) is 5.21. The molecule has 12 heteroatoms. The summed E-state index contributed by atoms with van der Waals surface area (Å²) >= 11 is 0. The van der Waals surface area contributed by atoms with Crippen molar-refractivity contribution < 1.29 is 41.4 Å². The molecule has 0 spiro atoms. The number of carboxylic acid groups (broad SMARTS) is 1. The van der Waals surface area contributed by atoms with Gasteiger partial charge in [-0.3, -0.25) is 19.6 Å². The number of aryl methyl sites for hydroxylation is 1. The normalized spacial score (nSPS) is 17.5. The molecule has 220 valence electrons. The van der Waals surface area contributed by atoms with E-state index < -0.39 is 29.5 Å². The van der Waals surface area contributed by atoms with Crippen molar-refractivity contribution in [2.24, 2.45) is 0 Å². The Morgan fingerprint density at radius 2 is 1.54 bits per heavy atom. The first-order valence-corrected chi connectivity index (χ1v) is 12.8. The van der Waals surface area contributed by atoms with Gasteiger partial charge in [0.2, 0.25) is 0 Å². The Hall–Kier alpha value is -3.48. The molecule has 4 rings (SSSR count). The number of hydrogen-bond donors (Lipinski definition) is 2. The summed E-state index contributed by atoms with van der Waals surface area (Å²) in [5.41, 5.74) is -2.53. The summed E-state index contributed by atoms with van der Waals surface area (Å²) in [6.45, 7) is 4.87. The SMILES string of the molecule is Cc1cc(CN2CCN(Cc3ccncc3)C(CC(=O)O)C2)ccc1-c1ccc(C(O)(C(F)(F)F)C(F)(F)F)cc1. The molecule has 2 aromatic carbocycles. The average molecular weight is 582 g/mol. The van der Waals surface area contributed by atoms with Gasteiger partial charge in [-0.2, -0.15) is 26.3 Å². The van der Waals surface area contributed by atoms with Gasteiger partial charge >= 0.3 is 18.3 Å². The van der Waals surface area contributed by atoms with Gasteiger partial charge in [-0.15, -0.1) is 0 Å². The Kier molecular flexibility index (Phi) is 8.76. The van der Waals surface area contributed by atoms with E-state index >= 15 is 0 Å². The van der Waals surface area contributed by atoms with E-state index in [-0.39, 0.29) is 12.5 Å². The summed E-state index contributed by atoms with van der Waals surface area (Å²) in [5.74, 6) is -0.883. The average Bonchev–Trinajstić information content (AvgIpc) is 2.89. The standard InChI is InChI=1S/C29H29F6N3O3/c1-19-14-21(16-37-12-13-38(24(18-37)15-26(39)40)17-20-8-10-36-11-9-20)2-7-25(19)22-3-5-23(6-4-22)27(41,28(30,31)32)29(33,34)35/h2-11,14,24,41H,12-13,15-18H2,1H3,(H,39,40). The molecule has 0 amide bonds. The van der Waals surface area contributed by atoms with Gasteiger partial charge in [0, 0.05) is 56.7 Å². The van der Waals surface area contributed by atoms with E-state index in [1.807, 2.05) is 24.3 Å². The van der Waals surface area contributed by atoms with E-state index in [1.54, 1.807) is 25.4 Å². The van der Waals surface area contributed by atoms with Crippen LogP contribution in [0.25, 0.3) is 11.1 Å². The zero-order chi connectivity index (χ0) is 30.0. The van der Waals surface area contributed by atoms with E-state index in [2.05, 4.69) is 14.8 Å². The van der Waals surface area contributed by atoms with Gasteiger partial charge in [-0.25, -0.2) is 0 Å². The van der Waals surface area contributed by atoms with Crippen LogP contribution >= 0.6 is 0 Å². The number of piperazine rings is 1. The number of pyridine rings is 1. The number of nitrogens with zero attached hydrogens (tertiary/aromatic N) is 3. The van der Waals surface area contributed by atoms with E-state index in [1.165, 1.54) is 0 Å². The molecule has 2 N–H and O–H groups in total. The van der Waals surface area contributed by atoms with Crippen LogP contribution in [-0.4, -0.2) is 69.0 Å². The lowest BCUT2D eigenvalue weighted by atomic mass is 9.90. The highest BCUT2D eigenvalue weighted by Crippen LogP contribution is 2.50. The van der Waals surface area contributed by atoms with Gasteiger partial charge < -0.3 is 10.2 Å². The smallest absolute Gasteiger partial charge is 0.430 e. The van der Waals surface area contributed by atoms with Gasteiger partial charge in [0.25, 0.3) is 5.60 Å². The third-order valence-corrected chi connectivity index (χ3v) is 7.37. The minimum Gasteiger partial charge on any atom is -0.481 e. The first kappa shape index (κ1) is 30.5. The largest absolute Gasteiger partial charge is 0.481 e. The predicted octanol–water partition coefficient (Wildman–Crippen LogP) is 5.53. The summed E-state index contributed by atoms with van der Waals surface area (Å²) in [4.78, 5) is 19.9. The third kappa shape index (κ3) is 6.71.